The second-order valence-corrected chi connectivity index (χ2v) is 7.47. The number of aromatic nitrogens is 4. The quantitative estimate of drug-likeness (QED) is 0.640. The van der Waals surface area contributed by atoms with Crippen LogP contribution in [0.2, 0.25) is 0 Å². The SMILES string of the molecule is CCn1nc(C)cc1NC(=O)C(C)(C)Oc1nn(-c2ccccc2)cc1Br. The lowest BCUT2D eigenvalue weighted by atomic mass is 10.1. The Balaban J connectivity index is 1.77. The van der Waals surface area contributed by atoms with E-state index in [1.165, 1.54) is 0 Å². The van der Waals surface area contributed by atoms with Gasteiger partial charge in [-0.3, -0.25) is 4.79 Å². The first-order chi connectivity index (χ1) is 12.8. The highest BCUT2D eigenvalue weighted by Gasteiger charge is 2.32. The molecule has 1 amide bonds. The smallest absolute Gasteiger partial charge is 0.269 e. The molecule has 0 fully saturated rings. The molecular weight excluding hydrogens is 410 g/mol. The molecule has 142 valence electrons. The molecule has 0 aliphatic rings. The molecule has 27 heavy (non-hydrogen) atoms. The van der Waals surface area contributed by atoms with Gasteiger partial charge in [0.05, 0.1) is 15.9 Å². The maximum Gasteiger partial charge on any atom is 0.269 e. The monoisotopic (exact) mass is 431 g/mol. The molecule has 0 radical (unpaired) electrons. The molecule has 1 N–H and O–H groups in total. The van der Waals surface area contributed by atoms with E-state index in [4.69, 9.17) is 4.74 Å². The molecule has 3 aromatic rings. The van der Waals surface area contributed by atoms with Crippen molar-refractivity contribution in [2.45, 2.75) is 39.8 Å². The number of nitrogens with one attached hydrogen (secondary N) is 1. The Hall–Kier alpha value is -2.61. The van der Waals surface area contributed by atoms with Gasteiger partial charge in [-0.1, -0.05) is 18.2 Å². The van der Waals surface area contributed by atoms with Crippen molar-refractivity contribution in [1.29, 1.82) is 0 Å². The first-order valence-electron chi connectivity index (χ1n) is 8.65. The fraction of sp³-hybridized carbons (Fsp3) is 0.316. The highest BCUT2D eigenvalue weighted by Crippen LogP contribution is 2.28. The number of ether oxygens (including phenoxy) is 1. The Morgan fingerprint density at radius 3 is 2.63 bits per heavy atom. The Kier molecular flexibility index (Phi) is 5.36. The van der Waals surface area contributed by atoms with Crippen molar-refractivity contribution in [3.63, 3.8) is 0 Å². The van der Waals surface area contributed by atoms with Crippen molar-refractivity contribution in [2.24, 2.45) is 0 Å². The normalized spacial score (nSPS) is 11.4. The van der Waals surface area contributed by atoms with Crippen LogP contribution in [0.15, 0.2) is 47.1 Å². The van der Waals surface area contributed by atoms with Crippen molar-refractivity contribution in [3.8, 4) is 11.6 Å². The Morgan fingerprint density at radius 2 is 1.96 bits per heavy atom. The van der Waals surface area contributed by atoms with Gasteiger partial charge < -0.3 is 10.1 Å². The van der Waals surface area contributed by atoms with Crippen LogP contribution in [0, 0.1) is 6.92 Å². The largest absolute Gasteiger partial charge is 0.460 e. The number of nitrogens with zero attached hydrogens (tertiary/aromatic N) is 4. The van der Waals surface area contributed by atoms with Crippen LogP contribution in [-0.2, 0) is 11.3 Å². The number of carbonyl (C=O) groups excluding carboxylic acids is 1. The second-order valence-electron chi connectivity index (χ2n) is 6.62. The predicted octanol–water partition coefficient (Wildman–Crippen LogP) is 3.96. The Bertz CT molecular complexity index is 946. The van der Waals surface area contributed by atoms with Crippen LogP contribution in [0.5, 0.6) is 5.88 Å². The number of amides is 1. The topological polar surface area (TPSA) is 74.0 Å². The molecule has 2 heterocycles. The van der Waals surface area contributed by atoms with Gasteiger partial charge in [0.2, 0.25) is 5.88 Å². The van der Waals surface area contributed by atoms with Crippen molar-refractivity contribution in [2.75, 3.05) is 5.32 Å². The summed E-state index contributed by atoms with van der Waals surface area (Å²) in [6, 6.07) is 11.5. The lowest BCUT2D eigenvalue weighted by Crippen LogP contribution is -2.43. The molecule has 0 aliphatic heterocycles. The molecule has 2 aromatic heterocycles. The lowest BCUT2D eigenvalue weighted by molar-refractivity contribution is -0.128. The van der Waals surface area contributed by atoms with E-state index >= 15 is 0 Å². The zero-order valence-corrected chi connectivity index (χ0v) is 17.3. The zero-order valence-electron chi connectivity index (χ0n) is 15.7. The molecular formula is C19H22BrN5O2. The molecule has 0 bridgehead atoms. The van der Waals surface area contributed by atoms with Gasteiger partial charge in [0, 0.05) is 18.8 Å². The summed E-state index contributed by atoms with van der Waals surface area (Å²) in [5.74, 6) is 0.711. The first-order valence-corrected chi connectivity index (χ1v) is 9.45. The van der Waals surface area contributed by atoms with Gasteiger partial charge in [0.15, 0.2) is 5.60 Å². The molecule has 3 rings (SSSR count). The van der Waals surface area contributed by atoms with E-state index in [1.54, 1.807) is 29.4 Å². The van der Waals surface area contributed by atoms with Crippen LogP contribution in [0.4, 0.5) is 5.82 Å². The second kappa shape index (κ2) is 7.56. The van der Waals surface area contributed by atoms with E-state index in [1.807, 2.05) is 50.2 Å². The van der Waals surface area contributed by atoms with Gasteiger partial charge in [-0.2, -0.15) is 5.10 Å². The Morgan fingerprint density at radius 1 is 1.26 bits per heavy atom. The number of rotatable bonds is 6. The number of hydrogen-bond acceptors (Lipinski definition) is 4. The molecule has 0 atom stereocenters. The van der Waals surface area contributed by atoms with Crippen molar-refractivity contribution in [3.05, 3.63) is 52.8 Å². The van der Waals surface area contributed by atoms with Gasteiger partial charge in [-0.05, 0) is 55.8 Å². The summed E-state index contributed by atoms with van der Waals surface area (Å²) in [5.41, 5.74) is 0.614. The minimum Gasteiger partial charge on any atom is -0.460 e. The molecule has 0 saturated carbocycles. The molecule has 1 aromatic carbocycles. The van der Waals surface area contributed by atoms with E-state index < -0.39 is 5.60 Å². The molecule has 0 spiro atoms. The molecule has 7 nitrogen and oxygen atoms in total. The van der Waals surface area contributed by atoms with Crippen LogP contribution in [-0.4, -0.2) is 31.1 Å². The number of benzene rings is 1. The first kappa shape index (κ1) is 19.2. The van der Waals surface area contributed by atoms with Gasteiger partial charge >= 0.3 is 0 Å². The summed E-state index contributed by atoms with van der Waals surface area (Å²) in [4.78, 5) is 12.8. The average molecular weight is 432 g/mol. The average Bonchev–Trinajstić information content (AvgIpc) is 3.17. The summed E-state index contributed by atoms with van der Waals surface area (Å²) < 4.78 is 10.0. The third-order valence-corrected chi connectivity index (χ3v) is 4.55. The van der Waals surface area contributed by atoms with Crippen LogP contribution in [0.1, 0.15) is 26.5 Å². The van der Waals surface area contributed by atoms with Crippen molar-refractivity contribution < 1.29 is 9.53 Å². The summed E-state index contributed by atoms with van der Waals surface area (Å²) in [7, 11) is 0. The number of anilines is 1. The standard InChI is InChI=1S/C19H22BrN5O2/c1-5-24-16(11-13(2)22-24)21-18(26)19(3,4)27-17-15(20)12-25(23-17)14-9-7-6-8-10-14/h6-12H,5H2,1-4H3,(H,21,26). The highest BCUT2D eigenvalue weighted by molar-refractivity contribution is 9.10. The minimum absolute atomic E-state index is 0.279. The van der Waals surface area contributed by atoms with Crippen LogP contribution >= 0.6 is 15.9 Å². The fourth-order valence-corrected chi connectivity index (χ4v) is 2.92. The molecule has 8 heteroatoms. The fourth-order valence-electron chi connectivity index (χ4n) is 2.56. The predicted molar refractivity (Wildman–Crippen MR) is 107 cm³/mol. The van der Waals surface area contributed by atoms with Gasteiger partial charge in [0.1, 0.15) is 5.82 Å². The number of halogens is 1. The maximum atomic E-state index is 12.8. The molecule has 0 unspecified atom stereocenters. The maximum absolute atomic E-state index is 12.8. The van der Waals surface area contributed by atoms with Crippen molar-refractivity contribution in [1.82, 2.24) is 19.6 Å². The van der Waals surface area contributed by atoms with E-state index in [-0.39, 0.29) is 5.91 Å². The third kappa shape index (κ3) is 4.21. The van der Waals surface area contributed by atoms with E-state index in [9.17, 15) is 4.79 Å². The van der Waals surface area contributed by atoms with Gasteiger partial charge in [0.25, 0.3) is 5.91 Å². The van der Waals surface area contributed by atoms with Crippen LogP contribution in [0.25, 0.3) is 5.69 Å². The van der Waals surface area contributed by atoms with Crippen molar-refractivity contribution >= 4 is 27.7 Å². The number of aryl methyl sites for hydroxylation is 2. The molecule has 0 aliphatic carbocycles. The number of para-hydroxylation sites is 1. The van der Waals surface area contributed by atoms with Crippen LogP contribution in [0.3, 0.4) is 0 Å². The van der Waals surface area contributed by atoms with E-state index in [2.05, 4.69) is 31.4 Å². The summed E-state index contributed by atoms with van der Waals surface area (Å²) in [6.45, 7) is 7.93. The summed E-state index contributed by atoms with van der Waals surface area (Å²) in [6.07, 6.45) is 1.80. The zero-order chi connectivity index (χ0) is 19.6. The third-order valence-electron chi connectivity index (χ3n) is 4.00. The number of hydrogen-bond donors (Lipinski definition) is 1. The molecule has 0 saturated heterocycles. The van der Waals surface area contributed by atoms with E-state index in [0.29, 0.717) is 22.7 Å². The van der Waals surface area contributed by atoms with Gasteiger partial charge in [-0.15, -0.1) is 5.10 Å². The Labute approximate surface area is 166 Å². The number of carbonyl (C=O) groups is 1. The minimum atomic E-state index is -1.13. The van der Waals surface area contributed by atoms with Crippen LogP contribution < -0.4 is 10.1 Å². The summed E-state index contributed by atoms with van der Waals surface area (Å²) >= 11 is 3.46. The van der Waals surface area contributed by atoms with E-state index in [0.717, 1.165) is 11.4 Å². The lowest BCUT2D eigenvalue weighted by Gasteiger charge is -2.24. The highest BCUT2D eigenvalue weighted by atomic mass is 79.9. The van der Waals surface area contributed by atoms with Gasteiger partial charge in [-0.25, -0.2) is 9.36 Å². The summed E-state index contributed by atoms with van der Waals surface area (Å²) in [5, 5.41) is 11.7.